The van der Waals surface area contributed by atoms with Gasteiger partial charge in [-0.25, -0.2) is 4.98 Å². The lowest BCUT2D eigenvalue weighted by Crippen LogP contribution is -2.52. The number of nitrogens with one attached hydrogen (secondary N) is 3. The van der Waals surface area contributed by atoms with Crippen LogP contribution in [0.2, 0.25) is 0 Å². The maximum atomic E-state index is 13.6. The molecule has 7 rings (SSSR count). The van der Waals surface area contributed by atoms with Gasteiger partial charge in [0.1, 0.15) is 18.1 Å². The zero-order valence-corrected chi connectivity index (χ0v) is 33.2. The van der Waals surface area contributed by atoms with Crippen LogP contribution < -0.4 is 30.3 Å². The van der Waals surface area contributed by atoms with Gasteiger partial charge in [0.05, 0.1) is 11.1 Å². The Hall–Kier alpha value is -6.58. The van der Waals surface area contributed by atoms with Crippen LogP contribution >= 0.6 is 0 Å². The van der Waals surface area contributed by atoms with E-state index in [9.17, 15) is 32.8 Å². The lowest BCUT2D eigenvalue weighted by molar-refractivity contribution is -0.286. The molecule has 60 heavy (non-hydrogen) atoms. The van der Waals surface area contributed by atoms with Crippen LogP contribution in [-0.2, 0) is 31.0 Å². The first-order valence-electron chi connectivity index (χ1n) is 20.0. The van der Waals surface area contributed by atoms with Gasteiger partial charge in [-0.2, -0.15) is 0 Å². The van der Waals surface area contributed by atoms with E-state index in [4.69, 9.17) is 9.40 Å². The van der Waals surface area contributed by atoms with Crippen LogP contribution in [0, 0.1) is 6.92 Å². The number of unbranched alkanes of at least 4 members (excludes halogenated alkanes) is 3. The lowest BCUT2D eigenvalue weighted by atomic mass is 9.94. The van der Waals surface area contributed by atoms with E-state index < -0.39 is 11.7 Å². The minimum Gasteiger partial charge on any atom is -0.445 e. The maximum absolute atomic E-state index is 13.6. The van der Waals surface area contributed by atoms with Gasteiger partial charge in [-0.3, -0.25) is 28.9 Å². The average Bonchev–Trinajstić information content (AvgIpc) is 3.81. The molecule has 2 fully saturated rings. The van der Waals surface area contributed by atoms with Gasteiger partial charge >= 0.3 is 6.29 Å². The quantitative estimate of drug-likeness (QED) is 0.0766. The van der Waals surface area contributed by atoms with Gasteiger partial charge in [0.15, 0.2) is 11.5 Å². The Morgan fingerprint density at radius 2 is 1.68 bits per heavy atom. The molecule has 0 bridgehead atoms. The summed E-state index contributed by atoms with van der Waals surface area (Å²) in [5.74, 6) is -0.0365. The highest BCUT2D eigenvalue weighted by Crippen LogP contribution is 2.52. The predicted octanol–water partition coefficient (Wildman–Crippen LogP) is 6.78. The van der Waals surface area contributed by atoms with Crippen LogP contribution in [0.4, 0.5) is 20.5 Å². The number of halogens is 2. The summed E-state index contributed by atoms with van der Waals surface area (Å²) >= 11 is 0. The number of aryl methyl sites for hydroxylation is 2. The Morgan fingerprint density at radius 3 is 2.43 bits per heavy atom. The standard InChI is InChI=1S/C44H46F2N6O8.3H2/c1-3-37(54)51-23-24-52(38(55)27-51)39-18-14-32(58-39)13-17-36(53)47-21-6-4-5-7-22-48-41(56)30-10-8-9-29(25-30)40-28(2)11-16-35(49-40)50-42(57)43(19-20-43)31-12-15-33-34(26-31)60-44(45,46)59-33;;;/h3,8-12,14-16,18,25-26H,1,4-7,13,17,19-24,27H2,2H3,(H,47,53)(H,48,56)(H,49,50,57);3*1H. The first-order chi connectivity index (χ1) is 28.8. The summed E-state index contributed by atoms with van der Waals surface area (Å²) in [6.07, 6.45) is 2.45. The molecule has 2 aromatic carbocycles. The summed E-state index contributed by atoms with van der Waals surface area (Å²) in [4.78, 5) is 71.0. The summed E-state index contributed by atoms with van der Waals surface area (Å²) in [6.45, 7) is 7.03. The van der Waals surface area contributed by atoms with Crippen molar-refractivity contribution in [3.63, 3.8) is 0 Å². The normalized spacial score (nSPS) is 15.9. The molecule has 4 aromatic rings. The Balaban J connectivity index is 0.00000290. The van der Waals surface area contributed by atoms with Gasteiger partial charge in [0.2, 0.25) is 29.5 Å². The van der Waals surface area contributed by atoms with E-state index in [1.807, 2.05) is 19.1 Å². The second kappa shape index (κ2) is 17.7. The number of hydrogen-bond donors (Lipinski definition) is 3. The number of amides is 5. The lowest BCUT2D eigenvalue weighted by Gasteiger charge is -2.32. The molecular formula is C44H52F2N6O8. The van der Waals surface area contributed by atoms with Gasteiger partial charge in [0.25, 0.3) is 5.91 Å². The molecule has 1 aliphatic carbocycles. The SMILES string of the molecule is C=CC(=O)N1CCN(c2ccc(CCC(=O)NCCCCCCNC(=O)c3cccc(-c4nc(NC(=O)C5(c6ccc7c(c6)OC(F)(F)O7)CC5)ccc4C)c3)o2)C(=O)C1.[HH].[HH].[HH]. The molecule has 3 N–H and O–H groups in total. The number of alkyl halides is 2. The monoisotopic (exact) mass is 830 g/mol. The molecule has 16 heteroatoms. The second-order valence-electron chi connectivity index (χ2n) is 15.1. The highest BCUT2D eigenvalue weighted by Gasteiger charge is 2.53. The van der Waals surface area contributed by atoms with Crippen LogP contribution in [0.5, 0.6) is 11.5 Å². The molecule has 2 aromatic heterocycles. The van der Waals surface area contributed by atoms with E-state index in [0.29, 0.717) is 85.3 Å². The largest absolute Gasteiger partial charge is 0.586 e. The molecular weight excluding hydrogens is 779 g/mol. The van der Waals surface area contributed by atoms with E-state index in [2.05, 4.69) is 32.0 Å². The van der Waals surface area contributed by atoms with Crippen LogP contribution in [0.1, 0.15) is 76.5 Å². The van der Waals surface area contributed by atoms with Crippen molar-refractivity contribution in [1.29, 1.82) is 0 Å². The van der Waals surface area contributed by atoms with Crippen LogP contribution in [-0.4, -0.2) is 78.4 Å². The molecule has 0 atom stereocenters. The fraction of sp³-hybridized carbons (Fsp3) is 0.364. The molecule has 1 saturated heterocycles. The minimum atomic E-state index is -3.75. The van der Waals surface area contributed by atoms with Crippen molar-refractivity contribution in [3.05, 3.63) is 102 Å². The highest BCUT2D eigenvalue weighted by molar-refractivity contribution is 6.01. The third kappa shape index (κ3) is 9.64. The third-order valence-electron chi connectivity index (χ3n) is 10.8. The van der Waals surface area contributed by atoms with Crippen molar-refractivity contribution in [3.8, 4) is 22.8 Å². The third-order valence-corrected chi connectivity index (χ3v) is 10.8. The van der Waals surface area contributed by atoms with Gasteiger partial charge in [-0.05, 0) is 86.2 Å². The van der Waals surface area contributed by atoms with Crippen molar-refractivity contribution in [2.75, 3.05) is 42.9 Å². The van der Waals surface area contributed by atoms with Crippen LogP contribution in [0.3, 0.4) is 0 Å². The Kier molecular flexibility index (Phi) is 12.3. The number of furan rings is 1. The number of hydrogen-bond acceptors (Lipinski definition) is 9. The van der Waals surface area contributed by atoms with E-state index in [0.717, 1.165) is 31.2 Å². The number of ether oxygens (including phenoxy) is 2. The number of anilines is 2. The van der Waals surface area contributed by atoms with Crippen molar-refractivity contribution >= 4 is 41.2 Å². The van der Waals surface area contributed by atoms with Crippen LogP contribution in [0.15, 0.2) is 83.8 Å². The number of carbonyl (C=O) groups is 5. The number of piperazine rings is 1. The molecule has 0 unspecified atom stereocenters. The number of benzene rings is 2. The smallest absolute Gasteiger partial charge is 0.445 e. The van der Waals surface area contributed by atoms with Crippen molar-refractivity contribution in [1.82, 2.24) is 20.5 Å². The molecule has 4 heterocycles. The van der Waals surface area contributed by atoms with E-state index in [1.165, 1.54) is 28.0 Å². The Labute approximate surface area is 349 Å². The number of rotatable bonds is 17. The number of nitrogens with zero attached hydrogens (tertiary/aromatic N) is 3. The zero-order chi connectivity index (χ0) is 42.4. The summed E-state index contributed by atoms with van der Waals surface area (Å²) < 4.78 is 42.0. The molecule has 320 valence electrons. The Morgan fingerprint density at radius 1 is 0.917 bits per heavy atom. The average molecular weight is 831 g/mol. The number of aromatic nitrogens is 1. The van der Waals surface area contributed by atoms with Gasteiger partial charge in [-0.15, -0.1) is 8.78 Å². The van der Waals surface area contributed by atoms with Crippen molar-refractivity contribution < 1.29 is 50.9 Å². The maximum Gasteiger partial charge on any atom is 0.586 e. The van der Waals surface area contributed by atoms with Gasteiger partial charge in [-0.1, -0.05) is 43.7 Å². The van der Waals surface area contributed by atoms with Gasteiger partial charge < -0.3 is 34.7 Å². The summed E-state index contributed by atoms with van der Waals surface area (Å²) in [6, 6.07) is 18.5. The summed E-state index contributed by atoms with van der Waals surface area (Å²) in [7, 11) is 0. The number of carbonyl (C=O) groups excluding carboxylic acids is 5. The first-order valence-corrected chi connectivity index (χ1v) is 20.0. The zero-order valence-electron chi connectivity index (χ0n) is 33.2. The summed E-state index contributed by atoms with van der Waals surface area (Å²) in [5.41, 5.74) is 2.27. The Bertz CT molecular complexity index is 2320. The number of fused-ring (bicyclic) bond motifs is 1. The molecule has 14 nitrogen and oxygen atoms in total. The van der Waals surface area contributed by atoms with Gasteiger partial charge in [0, 0.05) is 60.5 Å². The van der Waals surface area contributed by atoms with E-state index in [1.54, 1.807) is 42.5 Å². The number of pyridine rings is 1. The molecule has 5 amide bonds. The van der Waals surface area contributed by atoms with Crippen molar-refractivity contribution in [2.45, 2.75) is 70.0 Å². The minimum absolute atomic E-state index is 0. The predicted molar refractivity (Wildman–Crippen MR) is 223 cm³/mol. The highest BCUT2D eigenvalue weighted by atomic mass is 19.3. The van der Waals surface area contributed by atoms with E-state index in [-0.39, 0.29) is 58.3 Å². The molecule has 0 radical (unpaired) electrons. The van der Waals surface area contributed by atoms with E-state index >= 15 is 0 Å². The molecule has 1 saturated carbocycles. The van der Waals surface area contributed by atoms with Crippen molar-refractivity contribution in [2.24, 2.45) is 0 Å². The molecule has 3 aliphatic rings. The first kappa shape index (κ1) is 41.6. The molecule has 0 spiro atoms. The fourth-order valence-corrected chi connectivity index (χ4v) is 7.28. The second-order valence-corrected chi connectivity index (χ2v) is 15.1. The van der Waals surface area contributed by atoms with Crippen LogP contribution in [0.25, 0.3) is 11.3 Å². The molecule has 2 aliphatic heterocycles. The topological polar surface area (TPSA) is 172 Å². The summed E-state index contributed by atoms with van der Waals surface area (Å²) in [5, 5.41) is 8.79. The fourth-order valence-electron chi connectivity index (χ4n) is 7.28.